The molecule has 1 aliphatic rings. The van der Waals surface area contributed by atoms with Gasteiger partial charge in [-0.1, -0.05) is 19.1 Å². The molecule has 6 heteroatoms. The van der Waals surface area contributed by atoms with E-state index in [0.29, 0.717) is 17.5 Å². The highest BCUT2D eigenvalue weighted by molar-refractivity contribution is 7.78. The second-order valence-electron chi connectivity index (χ2n) is 3.28. The Labute approximate surface area is 109 Å². The molecule has 5 nitrogen and oxygen atoms in total. The SMILES string of the molecule is CCC(=O)N=C=S.O=C1NC(=O)c2ccccc21. The van der Waals surface area contributed by atoms with Gasteiger partial charge in [-0.3, -0.25) is 19.7 Å². The van der Waals surface area contributed by atoms with E-state index in [1.807, 2.05) is 5.16 Å². The first kappa shape index (κ1) is 13.9. The lowest BCUT2D eigenvalue weighted by atomic mass is 10.1. The van der Waals surface area contributed by atoms with Crippen molar-refractivity contribution in [2.24, 2.45) is 4.99 Å². The van der Waals surface area contributed by atoms with Crippen molar-refractivity contribution in [1.82, 2.24) is 5.32 Å². The molecule has 0 bridgehead atoms. The average Bonchev–Trinajstić information content (AvgIpc) is 2.67. The summed E-state index contributed by atoms with van der Waals surface area (Å²) in [6, 6.07) is 6.74. The molecule has 0 atom stereocenters. The fourth-order valence-electron chi connectivity index (χ4n) is 1.25. The van der Waals surface area contributed by atoms with E-state index >= 15 is 0 Å². The minimum atomic E-state index is -0.300. The molecule has 1 N–H and O–H groups in total. The summed E-state index contributed by atoms with van der Waals surface area (Å²) >= 11 is 4.16. The Kier molecular flexibility index (Phi) is 5.05. The van der Waals surface area contributed by atoms with E-state index in [4.69, 9.17) is 0 Å². The molecule has 2 rings (SSSR count). The van der Waals surface area contributed by atoms with E-state index in [9.17, 15) is 14.4 Å². The fraction of sp³-hybridized carbons (Fsp3) is 0.167. The molecule has 3 amide bonds. The third-order valence-electron chi connectivity index (χ3n) is 2.12. The fourth-order valence-corrected chi connectivity index (χ4v) is 1.35. The molecule has 1 heterocycles. The zero-order valence-corrected chi connectivity index (χ0v) is 10.4. The van der Waals surface area contributed by atoms with Crippen LogP contribution in [0.3, 0.4) is 0 Å². The Morgan fingerprint density at radius 1 is 1.28 bits per heavy atom. The molecular weight excluding hydrogens is 252 g/mol. The second kappa shape index (κ2) is 6.54. The van der Waals surface area contributed by atoms with Crippen LogP contribution >= 0.6 is 12.2 Å². The van der Waals surface area contributed by atoms with Crippen molar-refractivity contribution < 1.29 is 14.4 Å². The van der Waals surface area contributed by atoms with Crippen LogP contribution in [0.15, 0.2) is 29.3 Å². The van der Waals surface area contributed by atoms with Crippen molar-refractivity contribution in [3.8, 4) is 0 Å². The number of rotatable bonds is 1. The minimum Gasteiger partial charge on any atom is -0.288 e. The van der Waals surface area contributed by atoms with Crippen LogP contribution in [-0.4, -0.2) is 22.9 Å². The van der Waals surface area contributed by atoms with Gasteiger partial charge in [-0.05, 0) is 24.4 Å². The number of isothiocyanates is 1. The number of carbonyl (C=O) groups is 3. The third kappa shape index (κ3) is 3.41. The number of fused-ring (bicyclic) bond motifs is 1. The van der Waals surface area contributed by atoms with E-state index in [-0.39, 0.29) is 17.7 Å². The molecule has 1 aromatic carbocycles. The summed E-state index contributed by atoms with van der Waals surface area (Å²) in [5.74, 6) is -0.814. The highest BCUT2D eigenvalue weighted by Gasteiger charge is 2.25. The predicted octanol–water partition coefficient (Wildman–Crippen LogP) is 1.60. The molecule has 0 saturated carbocycles. The summed E-state index contributed by atoms with van der Waals surface area (Å²) in [5.41, 5.74) is 0.940. The molecule has 1 aromatic rings. The molecule has 92 valence electrons. The van der Waals surface area contributed by atoms with Crippen LogP contribution in [-0.2, 0) is 4.79 Å². The van der Waals surface area contributed by atoms with Crippen LogP contribution in [0.1, 0.15) is 34.1 Å². The lowest BCUT2D eigenvalue weighted by Gasteiger charge is -1.88. The first-order chi connectivity index (χ1) is 8.60. The van der Waals surface area contributed by atoms with Gasteiger partial charge < -0.3 is 0 Å². The predicted molar refractivity (Wildman–Crippen MR) is 68.6 cm³/mol. The Morgan fingerprint density at radius 2 is 1.78 bits per heavy atom. The molecule has 0 unspecified atom stereocenters. The quantitative estimate of drug-likeness (QED) is 0.474. The highest BCUT2D eigenvalue weighted by Crippen LogP contribution is 2.13. The average molecular weight is 262 g/mol. The van der Waals surface area contributed by atoms with Gasteiger partial charge in [-0.2, -0.15) is 4.99 Å². The summed E-state index contributed by atoms with van der Waals surface area (Å²) in [7, 11) is 0. The van der Waals surface area contributed by atoms with Crippen LogP contribution in [0.5, 0.6) is 0 Å². The number of hydrogen-bond acceptors (Lipinski definition) is 4. The molecule has 0 spiro atoms. The number of nitrogens with zero attached hydrogens (tertiary/aromatic N) is 1. The minimum absolute atomic E-state index is 0.213. The molecular formula is C12H10N2O3S. The summed E-state index contributed by atoms with van der Waals surface area (Å²) in [5, 5.41) is 4.18. The van der Waals surface area contributed by atoms with Crippen molar-refractivity contribution in [3.63, 3.8) is 0 Å². The number of hydrogen-bond donors (Lipinski definition) is 1. The van der Waals surface area contributed by atoms with Gasteiger partial charge in [0.25, 0.3) is 17.7 Å². The molecule has 18 heavy (non-hydrogen) atoms. The van der Waals surface area contributed by atoms with Crippen molar-refractivity contribution in [2.45, 2.75) is 13.3 Å². The maximum atomic E-state index is 10.9. The maximum absolute atomic E-state index is 10.9. The van der Waals surface area contributed by atoms with E-state index < -0.39 is 0 Å². The normalized spacial score (nSPS) is 11.6. The topological polar surface area (TPSA) is 75.6 Å². The summed E-state index contributed by atoms with van der Waals surface area (Å²) in [6.45, 7) is 1.72. The van der Waals surface area contributed by atoms with Crippen molar-refractivity contribution in [1.29, 1.82) is 0 Å². The smallest absolute Gasteiger partial charge is 0.258 e. The number of thiocarbonyl (C=S) groups is 1. The van der Waals surface area contributed by atoms with Gasteiger partial charge >= 0.3 is 0 Å². The van der Waals surface area contributed by atoms with Gasteiger partial charge in [0.1, 0.15) is 0 Å². The highest BCUT2D eigenvalue weighted by atomic mass is 32.1. The lowest BCUT2D eigenvalue weighted by molar-refractivity contribution is -0.117. The standard InChI is InChI=1S/C8H5NO2.C4H5NOS/c10-7-5-3-1-2-4-6(5)8(11)9-7;1-2-4(6)5-3-7/h1-4H,(H,9,10,11);2H2,1H3. The van der Waals surface area contributed by atoms with E-state index in [2.05, 4.69) is 22.5 Å². The first-order valence-electron chi connectivity index (χ1n) is 5.15. The third-order valence-corrected chi connectivity index (χ3v) is 2.21. The van der Waals surface area contributed by atoms with Crippen molar-refractivity contribution >= 4 is 35.1 Å². The van der Waals surface area contributed by atoms with Crippen molar-refractivity contribution in [3.05, 3.63) is 35.4 Å². The van der Waals surface area contributed by atoms with Crippen LogP contribution in [0.2, 0.25) is 0 Å². The van der Waals surface area contributed by atoms with Crippen LogP contribution in [0.4, 0.5) is 0 Å². The number of nitrogens with one attached hydrogen (secondary N) is 1. The Morgan fingerprint density at radius 3 is 2.11 bits per heavy atom. The number of benzene rings is 1. The monoisotopic (exact) mass is 262 g/mol. The van der Waals surface area contributed by atoms with Gasteiger partial charge in [0, 0.05) is 6.42 Å². The van der Waals surface area contributed by atoms with Crippen molar-refractivity contribution in [2.75, 3.05) is 0 Å². The molecule has 0 aliphatic carbocycles. The van der Waals surface area contributed by atoms with Gasteiger partial charge in [0.05, 0.1) is 16.3 Å². The summed E-state index contributed by atoms with van der Waals surface area (Å²) in [6.07, 6.45) is 0.406. The number of imide groups is 1. The Bertz CT molecular complexity index is 515. The Balaban J connectivity index is 0.000000203. The van der Waals surface area contributed by atoms with E-state index in [1.165, 1.54) is 0 Å². The summed E-state index contributed by atoms with van der Waals surface area (Å²) in [4.78, 5) is 35.2. The van der Waals surface area contributed by atoms with E-state index in [0.717, 1.165) is 0 Å². The number of aliphatic imine (C=N–C) groups is 1. The van der Waals surface area contributed by atoms with Crippen LogP contribution in [0.25, 0.3) is 0 Å². The van der Waals surface area contributed by atoms with Gasteiger partial charge in [-0.25, -0.2) is 0 Å². The zero-order chi connectivity index (χ0) is 13.5. The number of amides is 3. The molecule has 0 fully saturated rings. The second-order valence-corrected chi connectivity index (χ2v) is 3.46. The maximum Gasteiger partial charge on any atom is 0.258 e. The van der Waals surface area contributed by atoms with Gasteiger partial charge in [0.15, 0.2) is 0 Å². The molecule has 1 aliphatic heterocycles. The summed E-state index contributed by atoms with van der Waals surface area (Å²) < 4.78 is 0. The van der Waals surface area contributed by atoms with E-state index in [1.54, 1.807) is 31.2 Å². The molecule has 0 aromatic heterocycles. The zero-order valence-electron chi connectivity index (χ0n) is 9.60. The molecule has 0 saturated heterocycles. The Hall–Kier alpha value is -2.17. The number of carbonyl (C=O) groups excluding carboxylic acids is 3. The molecule has 0 radical (unpaired) electrons. The largest absolute Gasteiger partial charge is 0.288 e. The van der Waals surface area contributed by atoms with Gasteiger partial charge in [0.2, 0.25) is 0 Å². The van der Waals surface area contributed by atoms with Gasteiger partial charge in [-0.15, -0.1) is 0 Å². The first-order valence-corrected chi connectivity index (χ1v) is 5.56. The lowest BCUT2D eigenvalue weighted by Crippen LogP contribution is -2.19. The van der Waals surface area contributed by atoms with Crippen LogP contribution in [0, 0.1) is 0 Å². The van der Waals surface area contributed by atoms with Crippen LogP contribution < -0.4 is 5.32 Å².